The molecule has 5 heteroatoms. The smallest absolute Gasteiger partial charge is 0.149 e. The van der Waals surface area contributed by atoms with E-state index in [1.807, 2.05) is 11.9 Å². The Bertz CT molecular complexity index is 497. The molecule has 0 fully saturated rings. The molecule has 20 heavy (non-hydrogen) atoms. The molecule has 0 saturated carbocycles. The molecule has 114 valence electrons. The molecule has 0 aliphatic carbocycles. The van der Waals surface area contributed by atoms with Gasteiger partial charge in [0.1, 0.15) is 9.84 Å². The molecule has 0 amide bonds. The summed E-state index contributed by atoms with van der Waals surface area (Å²) in [6.07, 6.45) is 2.32. The van der Waals surface area contributed by atoms with E-state index < -0.39 is 9.84 Å². The molecule has 1 N–H and O–H groups in total. The quantitative estimate of drug-likeness (QED) is 0.799. The normalized spacial score (nSPS) is 13.2. The number of rotatable bonds is 8. The maximum Gasteiger partial charge on any atom is 0.149 e. The first-order valence-corrected chi connectivity index (χ1v) is 9.15. The van der Waals surface area contributed by atoms with Crippen molar-refractivity contribution in [3.8, 4) is 0 Å². The van der Waals surface area contributed by atoms with Gasteiger partial charge in [-0.25, -0.2) is 8.42 Å². The van der Waals surface area contributed by atoms with Crippen LogP contribution < -0.4 is 10.2 Å². The average molecular weight is 298 g/mol. The van der Waals surface area contributed by atoms with Gasteiger partial charge in [-0.05, 0) is 30.7 Å². The van der Waals surface area contributed by atoms with Crippen molar-refractivity contribution in [3.63, 3.8) is 0 Å². The molecule has 0 heterocycles. The van der Waals surface area contributed by atoms with Gasteiger partial charge < -0.3 is 10.2 Å². The summed E-state index contributed by atoms with van der Waals surface area (Å²) in [6.45, 7) is 5.74. The van der Waals surface area contributed by atoms with Crippen molar-refractivity contribution in [2.24, 2.45) is 0 Å². The van der Waals surface area contributed by atoms with Crippen molar-refractivity contribution < 1.29 is 8.42 Å². The van der Waals surface area contributed by atoms with Crippen molar-refractivity contribution in [2.75, 3.05) is 37.0 Å². The van der Waals surface area contributed by atoms with Crippen molar-refractivity contribution in [1.29, 1.82) is 0 Å². The van der Waals surface area contributed by atoms with Crippen LogP contribution in [0.25, 0.3) is 0 Å². The first kappa shape index (κ1) is 17.0. The molecule has 0 bridgehead atoms. The summed E-state index contributed by atoms with van der Waals surface area (Å²) in [7, 11) is -0.993. The fourth-order valence-electron chi connectivity index (χ4n) is 2.14. The molecule has 0 radical (unpaired) electrons. The third-order valence-electron chi connectivity index (χ3n) is 3.39. The van der Waals surface area contributed by atoms with E-state index in [0.717, 1.165) is 18.7 Å². The summed E-state index contributed by atoms with van der Waals surface area (Å²) in [4.78, 5) is 1.97. The van der Waals surface area contributed by atoms with Crippen molar-refractivity contribution >= 4 is 15.5 Å². The Hall–Kier alpha value is -1.07. The molecule has 0 aliphatic heterocycles. The minimum atomic E-state index is -2.91. The van der Waals surface area contributed by atoms with Crippen LogP contribution in [-0.4, -0.2) is 40.6 Å². The van der Waals surface area contributed by atoms with E-state index in [0.29, 0.717) is 12.6 Å². The van der Waals surface area contributed by atoms with E-state index in [1.165, 1.54) is 11.8 Å². The number of hydrogen-bond acceptors (Lipinski definition) is 4. The van der Waals surface area contributed by atoms with Crippen molar-refractivity contribution in [1.82, 2.24) is 5.32 Å². The third kappa shape index (κ3) is 5.51. The highest BCUT2D eigenvalue weighted by Crippen LogP contribution is 2.20. The van der Waals surface area contributed by atoms with E-state index >= 15 is 0 Å². The predicted octanol–water partition coefficient (Wildman–Crippen LogP) is 2.23. The Morgan fingerprint density at radius 1 is 1.20 bits per heavy atom. The number of hydrogen-bond donors (Lipinski definition) is 1. The molecule has 1 unspecified atom stereocenters. The number of nitrogens with one attached hydrogen (secondary N) is 1. The number of anilines is 1. The van der Waals surface area contributed by atoms with Crippen LogP contribution in [0.2, 0.25) is 0 Å². The Morgan fingerprint density at radius 2 is 1.80 bits per heavy atom. The second-order valence-corrected chi connectivity index (χ2v) is 7.42. The summed E-state index contributed by atoms with van der Waals surface area (Å²) in [5, 5.41) is 3.45. The lowest BCUT2D eigenvalue weighted by Crippen LogP contribution is -2.25. The molecule has 0 saturated heterocycles. The summed E-state index contributed by atoms with van der Waals surface area (Å²) in [5.41, 5.74) is 2.32. The molecule has 1 aromatic carbocycles. The molecule has 0 aromatic heterocycles. The number of sulfone groups is 1. The second kappa shape index (κ2) is 7.64. The van der Waals surface area contributed by atoms with Crippen LogP contribution in [0.5, 0.6) is 0 Å². The van der Waals surface area contributed by atoms with E-state index in [-0.39, 0.29) is 5.75 Å². The molecule has 0 aliphatic rings. The van der Waals surface area contributed by atoms with Crippen LogP contribution in [0, 0.1) is 0 Å². The topological polar surface area (TPSA) is 49.4 Å². The molecule has 1 rings (SSSR count). The van der Waals surface area contributed by atoms with Crippen LogP contribution in [-0.2, 0) is 9.84 Å². The van der Waals surface area contributed by atoms with E-state index in [1.54, 1.807) is 0 Å². The van der Waals surface area contributed by atoms with Crippen LogP contribution in [0.4, 0.5) is 5.69 Å². The third-order valence-corrected chi connectivity index (χ3v) is 4.32. The maximum atomic E-state index is 11.2. The second-order valence-electron chi connectivity index (χ2n) is 5.16. The predicted molar refractivity (Wildman–Crippen MR) is 86.1 cm³/mol. The number of nitrogens with zero attached hydrogens (tertiary/aromatic N) is 1. The molecule has 4 nitrogen and oxygen atoms in total. The minimum Gasteiger partial charge on any atom is -0.374 e. The lowest BCUT2D eigenvalue weighted by atomic mass is 10.0. The lowest BCUT2D eigenvalue weighted by molar-refractivity contribution is 0.537. The molecular formula is C15H26N2O2S. The Kier molecular flexibility index (Phi) is 6.49. The van der Waals surface area contributed by atoms with Crippen molar-refractivity contribution in [3.05, 3.63) is 29.8 Å². The highest BCUT2D eigenvalue weighted by Gasteiger charge is 2.09. The maximum absolute atomic E-state index is 11.2. The van der Waals surface area contributed by atoms with E-state index in [4.69, 9.17) is 0 Å². The fourth-order valence-corrected chi connectivity index (χ4v) is 2.74. The Labute approximate surface area is 123 Å². The van der Waals surface area contributed by atoms with Gasteiger partial charge in [0, 0.05) is 31.6 Å². The zero-order chi connectivity index (χ0) is 15.2. The summed E-state index contributed by atoms with van der Waals surface area (Å²) in [6, 6.07) is 8.72. The highest BCUT2D eigenvalue weighted by atomic mass is 32.2. The van der Waals surface area contributed by atoms with Gasteiger partial charge in [0.25, 0.3) is 0 Å². The average Bonchev–Trinajstić information content (AvgIpc) is 2.41. The minimum absolute atomic E-state index is 0.181. The molecular weight excluding hydrogens is 272 g/mol. The van der Waals surface area contributed by atoms with Gasteiger partial charge in [0.15, 0.2) is 0 Å². The number of benzene rings is 1. The largest absolute Gasteiger partial charge is 0.374 e. The molecule has 0 spiro atoms. The summed E-state index contributed by atoms with van der Waals surface area (Å²) < 4.78 is 22.4. The van der Waals surface area contributed by atoms with E-state index in [9.17, 15) is 8.42 Å². The van der Waals surface area contributed by atoms with Gasteiger partial charge in [0.05, 0.1) is 5.75 Å². The lowest BCUT2D eigenvalue weighted by Gasteiger charge is -2.21. The van der Waals surface area contributed by atoms with Crippen LogP contribution in [0.15, 0.2) is 24.3 Å². The van der Waals surface area contributed by atoms with Crippen molar-refractivity contribution in [2.45, 2.75) is 26.3 Å². The SMILES string of the molecule is CCNC(CC)c1ccc(N(C)CCS(C)(=O)=O)cc1. The van der Waals surface area contributed by atoms with Gasteiger partial charge in [0.2, 0.25) is 0 Å². The Balaban J connectivity index is 2.70. The first-order chi connectivity index (χ1) is 9.37. The standard InChI is InChI=1S/C15H26N2O2S/c1-5-15(16-6-2)13-7-9-14(10-8-13)17(3)11-12-20(4,18)19/h7-10,15-16H,5-6,11-12H2,1-4H3. The van der Waals surface area contributed by atoms with Crippen LogP contribution >= 0.6 is 0 Å². The van der Waals surface area contributed by atoms with Gasteiger partial charge in [-0.2, -0.15) is 0 Å². The summed E-state index contributed by atoms with van der Waals surface area (Å²) >= 11 is 0. The van der Waals surface area contributed by atoms with Gasteiger partial charge in [-0.3, -0.25) is 0 Å². The zero-order valence-electron chi connectivity index (χ0n) is 12.9. The monoisotopic (exact) mass is 298 g/mol. The summed E-state index contributed by atoms with van der Waals surface area (Å²) in [5.74, 6) is 0.181. The van der Waals surface area contributed by atoms with Gasteiger partial charge in [-0.15, -0.1) is 0 Å². The molecule has 1 atom stereocenters. The Morgan fingerprint density at radius 3 is 2.25 bits per heavy atom. The fraction of sp³-hybridized carbons (Fsp3) is 0.600. The van der Waals surface area contributed by atoms with Crippen LogP contribution in [0.3, 0.4) is 0 Å². The van der Waals surface area contributed by atoms with E-state index in [2.05, 4.69) is 43.4 Å². The zero-order valence-corrected chi connectivity index (χ0v) is 13.7. The highest BCUT2D eigenvalue weighted by molar-refractivity contribution is 7.90. The van der Waals surface area contributed by atoms with Gasteiger partial charge >= 0.3 is 0 Å². The van der Waals surface area contributed by atoms with Crippen LogP contribution in [0.1, 0.15) is 31.9 Å². The first-order valence-electron chi connectivity index (χ1n) is 7.09. The van der Waals surface area contributed by atoms with Gasteiger partial charge in [-0.1, -0.05) is 26.0 Å². The molecule has 1 aromatic rings.